The number of amides is 2. The molecular weight excluding hydrogens is 276 g/mol. The largest absolute Gasteiger partial charge is 0.326 e. The molecule has 0 unspecified atom stereocenters. The summed E-state index contributed by atoms with van der Waals surface area (Å²) in [7, 11) is 0. The lowest BCUT2D eigenvalue weighted by Gasteiger charge is -2.11. The van der Waals surface area contributed by atoms with Crippen molar-refractivity contribution in [2.45, 2.75) is 27.7 Å². The zero-order valence-electron chi connectivity index (χ0n) is 13.3. The summed E-state index contributed by atoms with van der Waals surface area (Å²) in [5.74, 6) is -0.254. The fourth-order valence-electron chi connectivity index (χ4n) is 2.24. The zero-order valence-corrected chi connectivity index (χ0v) is 13.3. The van der Waals surface area contributed by atoms with Crippen LogP contribution in [-0.4, -0.2) is 11.8 Å². The Hall–Kier alpha value is -2.62. The molecule has 0 aliphatic rings. The third-order valence-corrected chi connectivity index (χ3v) is 3.55. The normalized spacial score (nSPS) is 10.2. The Morgan fingerprint density at radius 3 is 1.82 bits per heavy atom. The number of carbonyl (C=O) groups is 2. The molecule has 0 spiro atoms. The molecule has 4 nitrogen and oxygen atoms in total. The van der Waals surface area contributed by atoms with Gasteiger partial charge in [0.2, 0.25) is 5.91 Å². The molecule has 0 aliphatic carbocycles. The summed E-state index contributed by atoms with van der Waals surface area (Å²) < 4.78 is 0. The molecule has 0 atom stereocenters. The van der Waals surface area contributed by atoms with Crippen molar-refractivity contribution >= 4 is 23.2 Å². The van der Waals surface area contributed by atoms with E-state index >= 15 is 0 Å². The molecule has 0 saturated carbocycles. The maximum Gasteiger partial charge on any atom is 0.255 e. The van der Waals surface area contributed by atoms with Crippen LogP contribution in [0.5, 0.6) is 0 Å². The average Bonchev–Trinajstić information content (AvgIpc) is 2.44. The van der Waals surface area contributed by atoms with Crippen molar-refractivity contribution in [2.75, 3.05) is 10.6 Å². The Morgan fingerprint density at radius 1 is 0.773 bits per heavy atom. The topological polar surface area (TPSA) is 58.2 Å². The van der Waals surface area contributed by atoms with E-state index in [0.29, 0.717) is 16.9 Å². The van der Waals surface area contributed by atoms with E-state index in [1.54, 1.807) is 24.3 Å². The van der Waals surface area contributed by atoms with Gasteiger partial charge in [-0.25, -0.2) is 0 Å². The number of hydrogen-bond donors (Lipinski definition) is 2. The molecule has 0 radical (unpaired) electrons. The van der Waals surface area contributed by atoms with Gasteiger partial charge < -0.3 is 10.6 Å². The number of carbonyl (C=O) groups excluding carboxylic acids is 2. The van der Waals surface area contributed by atoms with E-state index < -0.39 is 0 Å². The van der Waals surface area contributed by atoms with Crippen LogP contribution in [0.2, 0.25) is 0 Å². The van der Waals surface area contributed by atoms with Crippen molar-refractivity contribution < 1.29 is 9.59 Å². The molecular formula is C18H20N2O2. The molecule has 0 aliphatic heterocycles. The fraction of sp³-hybridized carbons (Fsp3) is 0.222. The van der Waals surface area contributed by atoms with E-state index in [4.69, 9.17) is 0 Å². The molecule has 0 aromatic heterocycles. The molecule has 22 heavy (non-hydrogen) atoms. The van der Waals surface area contributed by atoms with Crippen molar-refractivity contribution in [3.05, 3.63) is 58.7 Å². The molecule has 2 aromatic carbocycles. The van der Waals surface area contributed by atoms with Gasteiger partial charge in [-0.3, -0.25) is 9.59 Å². The summed E-state index contributed by atoms with van der Waals surface area (Å²) in [6.07, 6.45) is 0. The van der Waals surface area contributed by atoms with Gasteiger partial charge in [-0.2, -0.15) is 0 Å². The second kappa shape index (κ2) is 6.43. The predicted molar refractivity (Wildman–Crippen MR) is 89.4 cm³/mol. The van der Waals surface area contributed by atoms with Crippen molar-refractivity contribution in [1.82, 2.24) is 0 Å². The molecule has 0 bridgehead atoms. The number of hydrogen-bond acceptors (Lipinski definition) is 2. The van der Waals surface area contributed by atoms with Gasteiger partial charge in [0.1, 0.15) is 0 Å². The van der Waals surface area contributed by atoms with Gasteiger partial charge in [0, 0.05) is 23.9 Å². The number of aryl methyl sites for hydroxylation is 3. The summed E-state index contributed by atoms with van der Waals surface area (Å²) in [5, 5.41) is 5.56. The molecule has 0 fully saturated rings. The van der Waals surface area contributed by atoms with E-state index in [9.17, 15) is 9.59 Å². The van der Waals surface area contributed by atoms with Crippen LogP contribution in [0.1, 0.15) is 34.0 Å². The third kappa shape index (κ3) is 3.73. The highest BCUT2D eigenvalue weighted by Crippen LogP contribution is 2.18. The maximum atomic E-state index is 12.4. The van der Waals surface area contributed by atoms with Crippen LogP contribution >= 0.6 is 0 Å². The quantitative estimate of drug-likeness (QED) is 0.904. The minimum atomic E-state index is -0.132. The standard InChI is InChI=1S/C18H20N2O2/c1-11-9-13(3)17(10-12(11)2)18(22)20-16-7-5-15(6-8-16)19-14(4)21/h5-10H,1-4H3,(H,19,21)(H,20,22). The summed E-state index contributed by atoms with van der Waals surface area (Å²) >= 11 is 0. The second-order valence-electron chi connectivity index (χ2n) is 5.46. The Labute approximate surface area is 130 Å². The SMILES string of the molecule is CC(=O)Nc1ccc(NC(=O)c2cc(C)c(C)cc2C)cc1. The third-order valence-electron chi connectivity index (χ3n) is 3.55. The summed E-state index contributed by atoms with van der Waals surface area (Å²) in [6.45, 7) is 7.41. The molecule has 2 amide bonds. The molecule has 2 aromatic rings. The first-order valence-corrected chi connectivity index (χ1v) is 7.13. The summed E-state index contributed by atoms with van der Waals surface area (Å²) in [5.41, 5.74) is 5.29. The highest BCUT2D eigenvalue weighted by atomic mass is 16.2. The van der Waals surface area contributed by atoms with E-state index in [0.717, 1.165) is 11.1 Å². The average molecular weight is 296 g/mol. The first-order valence-electron chi connectivity index (χ1n) is 7.13. The predicted octanol–water partition coefficient (Wildman–Crippen LogP) is 3.82. The van der Waals surface area contributed by atoms with Crippen LogP contribution in [-0.2, 0) is 4.79 Å². The van der Waals surface area contributed by atoms with Gasteiger partial charge in [0.15, 0.2) is 0 Å². The molecule has 0 heterocycles. The second-order valence-corrected chi connectivity index (χ2v) is 5.46. The van der Waals surface area contributed by atoms with Crippen molar-refractivity contribution in [3.8, 4) is 0 Å². The van der Waals surface area contributed by atoms with Gasteiger partial charge in [0.25, 0.3) is 5.91 Å². The van der Waals surface area contributed by atoms with Gasteiger partial charge in [-0.15, -0.1) is 0 Å². The van der Waals surface area contributed by atoms with E-state index in [2.05, 4.69) is 10.6 Å². The molecule has 4 heteroatoms. The first-order chi connectivity index (χ1) is 10.4. The number of anilines is 2. The lowest BCUT2D eigenvalue weighted by Crippen LogP contribution is -2.14. The zero-order chi connectivity index (χ0) is 16.3. The van der Waals surface area contributed by atoms with Crippen molar-refractivity contribution in [1.29, 1.82) is 0 Å². The monoisotopic (exact) mass is 296 g/mol. The van der Waals surface area contributed by atoms with Crippen molar-refractivity contribution in [2.24, 2.45) is 0 Å². The van der Waals surface area contributed by atoms with Gasteiger partial charge in [-0.05, 0) is 67.8 Å². The number of benzene rings is 2. The number of rotatable bonds is 3. The summed E-state index contributed by atoms with van der Waals surface area (Å²) in [6, 6.07) is 11.0. The lowest BCUT2D eigenvalue weighted by molar-refractivity contribution is -0.114. The molecule has 2 N–H and O–H groups in total. The number of nitrogens with one attached hydrogen (secondary N) is 2. The Balaban J connectivity index is 2.15. The smallest absolute Gasteiger partial charge is 0.255 e. The van der Waals surface area contributed by atoms with Crippen LogP contribution in [0.15, 0.2) is 36.4 Å². The van der Waals surface area contributed by atoms with Crippen LogP contribution in [0.25, 0.3) is 0 Å². The van der Waals surface area contributed by atoms with Crippen molar-refractivity contribution in [3.63, 3.8) is 0 Å². The molecule has 0 saturated heterocycles. The van der Waals surface area contributed by atoms with Crippen LogP contribution in [0.4, 0.5) is 11.4 Å². The Bertz CT molecular complexity index is 719. The van der Waals surface area contributed by atoms with Gasteiger partial charge in [-0.1, -0.05) is 6.07 Å². The molecule has 2 rings (SSSR count). The highest BCUT2D eigenvalue weighted by molar-refractivity contribution is 6.05. The Morgan fingerprint density at radius 2 is 1.27 bits per heavy atom. The van der Waals surface area contributed by atoms with Gasteiger partial charge in [0.05, 0.1) is 0 Å². The van der Waals surface area contributed by atoms with Crippen LogP contribution < -0.4 is 10.6 Å². The maximum absolute atomic E-state index is 12.4. The highest BCUT2D eigenvalue weighted by Gasteiger charge is 2.11. The fourth-order valence-corrected chi connectivity index (χ4v) is 2.24. The van der Waals surface area contributed by atoms with E-state index in [1.807, 2.05) is 32.9 Å². The Kier molecular flexibility index (Phi) is 4.61. The van der Waals surface area contributed by atoms with Crippen LogP contribution in [0.3, 0.4) is 0 Å². The van der Waals surface area contributed by atoms with E-state index in [-0.39, 0.29) is 11.8 Å². The van der Waals surface area contributed by atoms with Crippen LogP contribution in [0, 0.1) is 20.8 Å². The summed E-state index contributed by atoms with van der Waals surface area (Å²) in [4.78, 5) is 23.4. The molecule has 114 valence electrons. The minimum Gasteiger partial charge on any atom is -0.326 e. The van der Waals surface area contributed by atoms with E-state index in [1.165, 1.54) is 12.5 Å². The lowest BCUT2D eigenvalue weighted by atomic mass is 10.0. The first kappa shape index (κ1) is 15.8. The van der Waals surface area contributed by atoms with Gasteiger partial charge >= 0.3 is 0 Å². The minimum absolute atomic E-state index is 0.123.